The maximum atomic E-state index is 12.0. The molecule has 1 aromatic rings. The zero-order valence-electron chi connectivity index (χ0n) is 11.7. The van der Waals surface area contributed by atoms with E-state index in [1.807, 2.05) is 12.3 Å². The summed E-state index contributed by atoms with van der Waals surface area (Å²) < 4.78 is 1.77. The van der Waals surface area contributed by atoms with Gasteiger partial charge in [0, 0.05) is 30.7 Å². The van der Waals surface area contributed by atoms with E-state index in [9.17, 15) is 4.79 Å². The Hall–Kier alpha value is -1.27. The van der Waals surface area contributed by atoms with Gasteiger partial charge < -0.3 is 4.90 Å². The van der Waals surface area contributed by atoms with Gasteiger partial charge in [0.1, 0.15) is 0 Å². The lowest BCUT2D eigenvalue weighted by atomic mass is 10.1. The van der Waals surface area contributed by atoms with Crippen molar-refractivity contribution >= 4 is 40.5 Å². The molecule has 2 aliphatic rings. The molecule has 5 nitrogen and oxygen atoms in total. The average Bonchev–Trinajstić information content (AvgIpc) is 3.08. The molecule has 2 aliphatic heterocycles. The molecule has 0 atom stereocenters. The highest BCUT2D eigenvalue weighted by Crippen LogP contribution is 2.31. The van der Waals surface area contributed by atoms with Crippen molar-refractivity contribution in [1.82, 2.24) is 14.7 Å². The predicted molar refractivity (Wildman–Crippen MR) is 86.4 cm³/mol. The molecule has 0 saturated carbocycles. The summed E-state index contributed by atoms with van der Waals surface area (Å²) in [6, 6.07) is 0. The molecule has 112 valence electrons. The Kier molecular flexibility index (Phi) is 4.65. The number of hydrogen-bond acceptors (Lipinski definition) is 4. The first-order valence-corrected chi connectivity index (χ1v) is 8.47. The number of likely N-dealkylation sites (tertiary alicyclic amines) is 1. The van der Waals surface area contributed by atoms with Crippen molar-refractivity contribution in [3.8, 4) is 0 Å². The summed E-state index contributed by atoms with van der Waals surface area (Å²) in [4.78, 5) is 19.1. The molecular weight excluding hydrogens is 308 g/mol. The maximum absolute atomic E-state index is 12.0. The van der Waals surface area contributed by atoms with Gasteiger partial charge in [0.2, 0.25) is 0 Å². The minimum atomic E-state index is -0.148. The number of aliphatic imine (C=N–C) groups is 1. The Morgan fingerprint density at radius 3 is 2.90 bits per heavy atom. The number of carbonyl (C=O) groups is 1. The average molecular weight is 325 g/mol. The number of amides is 1. The Balaban J connectivity index is 1.69. The lowest BCUT2D eigenvalue weighted by Gasteiger charge is -2.27. The van der Waals surface area contributed by atoms with Crippen molar-refractivity contribution in [1.29, 1.82) is 0 Å². The van der Waals surface area contributed by atoms with E-state index in [0.29, 0.717) is 17.3 Å². The highest BCUT2D eigenvalue weighted by molar-refractivity contribution is 8.18. The molecule has 3 heterocycles. The van der Waals surface area contributed by atoms with Gasteiger partial charge in [0.25, 0.3) is 5.91 Å². The standard InChI is InChI=1S/C14H17ClN4OS/c15-4-7-19-10-11(9-16-19)8-12-13(20)17-14(21-12)18-5-2-1-3-6-18/h8-10H,1-7H2. The Morgan fingerprint density at radius 2 is 2.14 bits per heavy atom. The molecule has 0 aliphatic carbocycles. The number of aryl methyl sites for hydroxylation is 1. The van der Waals surface area contributed by atoms with Crippen LogP contribution < -0.4 is 0 Å². The van der Waals surface area contributed by atoms with E-state index in [2.05, 4.69) is 15.0 Å². The van der Waals surface area contributed by atoms with E-state index in [0.717, 1.165) is 23.8 Å². The van der Waals surface area contributed by atoms with Crippen LogP contribution in [0.5, 0.6) is 0 Å². The molecule has 1 aromatic heterocycles. The largest absolute Gasteiger partial charge is 0.351 e. The van der Waals surface area contributed by atoms with Crippen LogP contribution in [0.4, 0.5) is 0 Å². The van der Waals surface area contributed by atoms with E-state index in [4.69, 9.17) is 11.6 Å². The highest BCUT2D eigenvalue weighted by atomic mass is 35.5. The summed E-state index contributed by atoms with van der Waals surface area (Å²) in [5.74, 6) is 0.374. The molecule has 0 bridgehead atoms. The van der Waals surface area contributed by atoms with Gasteiger partial charge in [-0.1, -0.05) is 0 Å². The molecule has 3 rings (SSSR count). The number of rotatable bonds is 3. The lowest BCUT2D eigenvalue weighted by molar-refractivity contribution is -0.113. The second kappa shape index (κ2) is 6.66. The number of carbonyl (C=O) groups excluding carboxylic acids is 1. The zero-order valence-corrected chi connectivity index (χ0v) is 13.2. The third-order valence-electron chi connectivity index (χ3n) is 3.50. The number of hydrogen-bond donors (Lipinski definition) is 0. The van der Waals surface area contributed by atoms with Crippen LogP contribution in [0, 0.1) is 0 Å². The van der Waals surface area contributed by atoms with Crippen molar-refractivity contribution in [3.05, 3.63) is 22.9 Å². The number of halogens is 1. The number of aromatic nitrogens is 2. The van der Waals surface area contributed by atoms with E-state index in [1.54, 1.807) is 10.9 Å². The van der Waals surface area contributed by atoms with Gasteiger partial charge in [0.15, 0.2) is 5.17 Å². The molecule has 0 aromatic carbocycles. The van der Waals surface area contributed by atoms with E-state index in [-0.39, 0.29) is 5.91 Å². The van der Waals surface area contributed by atoms with Crippen molar-refractivity contribution in [2.45, 2.75) is 25.8 Å². The van der Waals surface area contributed by atoms with E-state index < -0.39 is 0 Å². The maximum Gasteiger partial charge on any atom is 0.286 e. The molecule has 21 heavy (non-hydrogen) atoms. The number of piperidine rings is 1. The predicted octanol–water partition coefficient (Wildman–Crippen LogP) is 2.58. The van der Waals surface area contributed by atoms with Gasteiger partial charge in [-0.3, -0.25) is 9.48 Å². The first-order chi connectivity index (χ1) is 10.3. The second-order valence-corrected chi connectivity index (χ2v) is 6.47. The fourth-order valence-corrected chi connectivity index (χ4v) is 3.57. The summed E-state index contributed by atoms with van der Waals surface area (Å²) >= 11 is 7.15. The molecule has 0 unspecified atom stereocenters. The van der Waals surface area contributed by atoms with Gasteiger partial charge in [-0.05, 0) is 37.1 Å². The Labute approximate surface area is 133 Å². The van der Waals surface area contributed by atoms with Crippen LogP contribution in [0.2, 0.25) is 0 Å². The lowest BCUT2D eigenvalue weighted by Crippen LogP contribution is -2.33. The Morgan fingerprint density at radius 1 is 1.33 bits per heavy atom. The molecular formula is C14H17ClN4OS. The van der Waals surface area contributed by atoms with Crippen molar-refractivity contribution in [2.24, 2.45) is 4.99 Å². The van der Waals surface area contributed by atoms with Crippen LogP contribution in [0.15, 0.2) is 22.3 Å². The van der Waals surface area contributed by atoms with Crippen molar-refractivity contribution in [2.75, 3.05) is 19.0 Å². The van der Waals surface area contributed by atoms with E-state index >= 15 is 0 Å². The summed E-state index contributed by atoms with van der Waals surface area (Å²) in [6.07, 6.45) is 9.11. The molecule has 0 radical (unpaired) electrons. The third kappa shape index (κ3) is 3.49. The van der Waals surface area contributed by atoms with E-state index in [1.165, 1.54) is 31.0 Å². The smallest absolute Gasteiger partial charge is 0.286 e. The summed E-state index contributed by atoms with van der Waals surface area (Å²) in [7, 11) is 0. The summed E-state index contributed by atoms with van der Waals surface area (Å²) in [5, 5.41) is 5.05. The topological polar surface area (TPSA) is 50.5 Å². The van der Waals surface area contributed by atoms with Crippen LogP contribution in [0.3, 0.4) is 0 Å². The number of alkyl halides is 1. The van der Waals surface area contributed by atoms with Crippen LogP contribution in [0.1, 0.15) is 24.8 Å². The quantitative estimate of drug-likeness (QED) is 0.633. The fraction of sp³-hybridized carbons (Fsp3) is 0.500. The van der Waals surface area contributed by atoms with Gasteiger partial charge in [-0.2, -0.15) is 10.1 Å². The molecule has 0 spiro atoms. The first-order valence-electron chi connectivity index (χ1n) is 7.12. The SMILES string of the molecule is O=C1N=C(N2CCCCC2)SC1=Cc1cnn(CCCl)c1. The molecule has 1 fully saturated rings. The monoisotopic (exact) mass is 324 g/mol. The highest BCUT2D eigenvalue weighted by Gasteiger charge is 2.26. The zero-order chi connectivity index (χ0) is 14.7. The van der Waals surface area contributed by atoms with Crippen LogP contribution in [0.25, 0.3) is 6.08 Å². The van der Waals surface area contributed by atoms with Gasteiger partial charge in [0.05, 0.1) is 17.6 Å². The normalized spacial score (nSPS) is 21.2. The second-order valence-electron chi connectivity index (χ2n) is 5.08. The van der Waals surface area contributed by atoms with Crippen molar-refractivity contribution < 1.29 is 4.79 Å². The number of amidine groups is 1. The molecule has 1 saturated heterocycles. The van der Waals surface area contributed by atoms with Crippen LogP contribution >= 0.6 is 23.4 Å². The van der Waals surface area contributed by atoms with Crippen molar-refractivity contribution in [3.63, 3.8) is 0 Å². The molecule has 0 N–H and O–H groups in total. The minimum Gasteiger partial charge on any atom is -0.351 e. The summed E-state index contributed by atoms with van der Waals surface area (Å²) in [5.41, 5.74) is 0.908. The van der Waals surface area contributed by atoms with Gasteiger partial charge >= 0.3 is 0 Å². The summed E-state index contributed by atoms with van der Waals surface area (Å²) in [6.45, 7) is 2.67. The third-order valence-corrected chi connectivity index (χ3v) is 4.71. The molecule has 1 amide bonds. The Bertz CT molecular complexity index is 590. The first kappa shape index (κ1) is 14.7. The van der Waals surface area contributed by atoms with Gasteiger partial charge in [-0.15, -0.1) is 11.6 Å². The minimum absolute atomic E-state index is 0.148. The van der Waals surface area contributed by atoms with Crippen LogP contribution in [-0.2, 0) is 11.3 Å². The number of nitrogens with zero attached hydrogens (tertiary/aromatic N) is 4. The van der Waals surface area contributed by atoms with Gasteiger partial charge in [-0.25, -0.2) is 0 Å². The van der Waals surface area contributed by atoms with Crippen LogP contribution in [-0.4, -0.2) is 44.7 Å². The number of thioether (sulfide) groups is 1. The fourth-order valence-electron chi connectivity index (χ4n) is 2.43. The molecule has 7 heteroatoms.